The summed E-state index contributed by atoms with van der Waals surface area (Å²) in [5, 5.41) is 7.85. The van der Waals surface area contributed by atoms with Crippen LogP contribution < -0.4 is 10.6 Å². The summed E-state index contributed by atoms with van der Waals surface area (Å²) in [7, 11) is 0. The van der Waals surface area contributed by atoms with E-state index >= 15 is 0 Å². The van der Waals surface area contributed by atoms with Crippen molar-refractivity contribution in [2.24, 2.45) is 0 Å². The third-order valence-corrected chi connectivity index (χ3v) is 4.69. The third-order valence-electron chi connectivity index (χ3n) is 3.62. The van der Waals surface area contributed by atoms with Gasteiger partial charge in [-0.25, -0.2) is 0 Å². The van der Waals surface area contributed by atoms with E-state index in [0.717, 1.165) is 27.0 Å². The van der Waals surface area contributed by atoms with Crippen LogP contribution in [0.5, 0.6) is 0 Å². The van der Waals surface area contributed by atoms with Gasteiger partial charge in [-0.2, -0.15) is 0 Å². The second-order valence-corrected chi connectivity index (χ2v) is 6.56. The molecule has 0 radical (unpaired) electrons. The number of para-hydroxylation sites is 1. The SMILES string of the molecule is CC(=O)Nc1ccccc1SCC(=O)Nc1cccc2ccccc12. The molecule has 0 aliphatic carbocycles. The standard InChI is InChI=1S/C20H18N2O2S/c1-14(23)21-18-10-4-5-12-19(18)25-13-20(24)22-17-11-6-8-15-7-2-3-9-16(15)17/h2-12H,13H2,1H3,(H,21,23)(H,22,24). The topological polar surface area (TPSA) is 58.2 Å². The molecule has 0 saturated carbocycles. The van der Waals surface area contributed by atoms with Gasteiger partial charge < -0.3 is 10.6 Å². The summed E-state index contributed by atoms with van der Waals surface area (Å²) in [6.45, 7) is 1.47. The molecule has 0 aromatic heterocycles. The molecule has 0 saturated heterocycles. The van der Waals surface area contributed by atoms with Crippen LogP contribution in [-0.2, 0) is 9.59 Å². The van der Waals surface area contributed by atoms with E-state index in [1.54, 1.807) is 0 Å². The summed E-state index contributed by atoms with van der Waals surface area (Å²) in [5.41, 5.74) is 1.52. The van der Waals surface area contributed by atoms with Crippen molar-refractivity contribution >= 4 is 45.7 Å². The maximum atomic E-state index is 12.3. The summed E-state index contributed by atoms with van der Waals surface area (Å²) in [6, 6.07) is 21.2. The van der Waals surface area contributed by atoms with E-state index in [0.29, 0.717) is 0 Å². The lowest BCUT2D eigenvalue weighted by Gasteiger charge is -2.11. The highest BCUT2D eigenvalue weighted by atomic mass is 32.2. The highest BCUT2D eigenvalue weighted by Crippen LogP contribution is 2.28. The number of carbonyl (C=O) groups excluding carboxylic acids is 2. The number of nitrogens with one attached hydrogen (secondary N) is 2. The van der Waals surface area contributed by atoms with Gasteiger partial charge in [0.15, 0.2) is 0 Å². The summed E-state index contributed by atoms with van der Waals surface area (Å²) in [4.78, 5) is 24.5. The molecule has 25 heavy (non-hydrogen) atoms. The minimum atomic E-state index is -0.131. The number of thioether (sulfide) groups is 1. The fourth-order valence-electron chi connectivity index (χ4n) is 2.55. The number of carbonyl (C=O) groups is 2. The molecule has 3 aromatic carbocycles. The van der Waals surface area contributed by atoms with Gasteiger partial charge in [-0.05, 0) is 23.6 Å². The molecular weight excluding hydrogens is 332 g/mol. The summed E-state index contributed by atoms with van der Waals surface area (Å²) < 4.78 is 0. The molecule has 0 atom stereocenters. The molecule has 2 amide bonds. The van der Waals surface area contributed by atoms with Crippen molar-refractivity contribution in [3.05, 3.63) is 66.7 Å². The maximum absolute atomic E-state index is 12.3. The first-order valence-corrected chi connectivity index (χ1v) is 8.89. The second-order valence-electron chi connectivity index (χ2n) is 5.54. The number of rotatable bonds is 5. The van der Waals surface area contributed by atoms with Gasteiger partial charge in [-0.1, -0.05) is 48.5 Å². The number of fused-ring (bicyclic) bond motifs is 1. The number of anilines is 2. The Morgan fingerprint density at radius 3 is 2.36 bits per heavy atom. The largest absolute Gasteiger partial charge is 0.325 e. The molecule has 5 heteroatoms. The van der Waals surface area contributed by atoms with Crippen molar-refractivity contribution < 1.29 is 9.59 Å². The van der Waals surface area contributed by atoms with Crippen LogP contribution in [-0.4, -0.2) is 17.6 Å². The van der Waals surface area contributed by atoms with Crippen LogP contribution in [0, 0.1) is 0 Å². The van der Waals surface area contributed by atoms with Crippen LogP contribution >= 0.6 is 11.8 Å². The fraction of sp³-hybridized carbons (Fsp3) is 0.100. The number of amides is 2. The molecule has 4 nitrogen and oxygen atoms in total. The molecule has 0 aliphatic heterocycles. The van der Waals surface area contributed by atoms with Gasteiger partial charge in [-0.3, -0.25) is 9.59 Å². The predicted octanol–water partition coefficient (Wildman–Crippen LogP) is 4.53. The highest BCUT2D eigenvalue weighted by molar-refractivity contribution is 8.00. The van der Waals surface area contributed by atoms with Crippen LogP contribution in [0.25, 0.3) is 10.8 Å². The first-order chi connectivity index (χ1) is 12.1. The lowest BCUT2D eigenvalue weighted by molar-refractivity contribution is -0.114. The van der Waals surface area contributed by atoms with E-state index in [-0.39, 0.29) is 17.6 Å². The first kappa shape index (κ1) is 17.0. The number of benzene rings is 3. The molecule has 3 rings (SSSR count). The average Bonchev–Trinajstić information content (AvgIpc) is 2.61. The number of hydrogen-bond donors (Lipinski definition) is 2. The average molecular weight is 350 g/mol. The zero-order valence-corrected chi connectivity index (χ0v) is 14.6. The Morgan fingerprint density at radius 2 is 1.52 bits per heavy atom. The molecular formula is C20H18N2O2S. The second kappa shape index (κ2) is 7.85. The molecule has 0 heterocycles. The Balaban J connectivity index is 1.68. The fourth-order valence-corrected chi connectivity index (χ4v) is 3.36. The molecule has 0 unspecified atom stereocenters. The van der Waals surface area contributed by atoms with Crippen molar-refractivity contribution in [1.29, 1.82) is 0 Å². The van der Waals surface area contributed by atoms with Crippen LogP contribution in [0.15, 0.2) is 71.6 Å². The van der Waals surface area contributed by atoms with Crippen molar-refractivity contribution in [1.82, 2.24) is 0 Å². The Hall–Kier alpha value is -2.79. The predicted molar refractivity (Wildman–Crippen MR) is 104 cm³/mol. The Kier molecular flexibility index (Phi) is 5.36. The van der Waals surface area contributed by atoms with E-state index in [2.05, 4.69) is 10.6 Å². The normalized spacial score (nSPS) is 10.4. The summed E-state index contributed by atoms with van der Waals surface area (Å²) in [5.74, 6) is 0.0482. The molecule has 126 valence electrons. The lowest BCUT2D eigenvalue weighted by atomic mass is 10.1. The number of hydrogen-bond acceptors (Lipinski definition) is 3. The quantitative estimate of drug-likeness (QED) is 0.665. The van der Waals surface area contributed by atoms with Crippen LogP contribution in [0.4, 0.5) is 11.4 Å². The Bertz CT molecular complexity index is 919. The summed E-state index contributed by atoms with van der Waals surface area (Å²) in [6.07, 6.45) is 0. The van der Waals surface area contributed by atoms with Crippen LogP contribution in [0.3, 0.4) is 0 Å². The molecule has 0 spiro atoms. The molecule has 0 bridgehead atoms. The molecule has 2 N–H and O–H groups in total. The minimum absolute atomic E-state index is 0.0843. The van der Waals surface area contributed by atoms with Crippen molar-refractivity contribution in [2.75, 3.05) is 16.4 Å². The van der Waals surface area contributed by atoms with Gasteiger partial charge in [0.05, 0.1) is 11.4 Å². The highest BCUT2D eigenvalue weighted by Gasteiger charge is 2.09. The Morgan fingerprint density at radius 1 is 0.840 bits per heavy atom. The first-order valence-electron chi connectivity index (χ1n) is 7.90. The van der Waals surface area contributed by atoms with E-state index in [1.165, 1.54) is 18.7 Å². The van der Waals surface area contributed by atoms with Crippen molar-refractivity contribution in [3.8, 4) is 0 Å². The maximum Gasteiger partial charge on any atom is 0.234 e. The van der Waals surface area contributed by atoms with Crippen LogP contribution in [0.2, 0.25) is 0 Å². The smallest absolute Gasteiger partial charge is 0.234 e. The van der Waals surface area contributed by atoms with Gasteiger partial charge in [-0.15, -0.1) is 11.8 Å². The zero-order chi connectivity index (χ0) is 17.6. The monoisotopic (exact) mass is 350 g/mol. The molecule has 3 aromatic rings. The van der Waals surface area contributed by atoms with E-state index in [9.17, 15) is 9.59 Å². The van der Waals surface area contributed by atoms with Gasteiger partial charge >= 0.3 is 0 Å². The minimum Gasteiger partial charge on any atom is -0.325 e. The van der Waals surface area contributed by atoms with Crippen molar-refractivity contribution in [3.63, 3.8) is 0 Å². The zero-order valence-electron chi connectivity index (χ0n) is 13.8. The molecule has 0 fully saturated rings. The van der Waals surface area contributed by atoms with Gasteiger partial charge in [0, 0.05) is 22.9 Å². The van der Waals surface area contributed by atoms with Crippen LogP contribution in [0.1, 0.15) is 6.92 Å². The third kappa shape index (κ3) is 4.39. The van der Waals surface area contributed by atoms with Gasteiger partial charge in [0.2, 0.25) is 11.8 Å². The summed E-state index contributed by atoms with van der Waals surface area (Å²) >= 11 is 1.40. The van der Waals surface area contributed by atoms with Crippen molar-refractivity contribution in [2.45, 2.75) is 11.8 Å². The molecule has 0 aliphatic rings. The van der Waals surface area contributed by atoms with E-state index in [1.807, 2.05) is 66.7 Å². The van der Waals surface area contributed by atoms with E-state index in [4.69, 9.17) is 0 Å². The Labute approximate surface area is 150 Å². The van der Waals surface area contributed by atoms with E-state index < -0.39 is 0 Å². The lowest BCUT2D eigenvalue weighted by Crippen LogP contribution is -2.14. The van der Waals surface area contributed by atoms with Gasteiger partial charge in [0.25, 0.3) is 0 Å². The van der Waals surface area contributed by atoms with Gasteiger partial charge in [0.1, 0.15) is 0 Å².